The third-order valence-electron chi connectivity index (χ3n) is 4.04. The SMILES string of the molecule is CCOc1c(Cl)cc(C(=O)N[C@H]2CCOc3ccccc32)cc1OC. The van der Waals surface area contributed by atoms with E-state index in [9.17, 15) is 4.79 Å². The number of para-hydroxylation sites is 1. The molecule has 0 fully saturated rings. The van der Waals surface area contributed by atoms with E-state index in [4.69, 9.17) is 25.8 Å². The molecule has 0 spiro atoms. The number of hydrogen-bond donors (Lipinski definition) is 1. The summed E-state index contributed by atoms with van der Waals surface area (Å²) < 4.78 is 16.4. The molecule has 6 heteroatoms. The fourth-order valence-electron chi connectivity index (χ4n) is 2.87. The van der Waals surface area contributed by atoms with Crippen LogP contribution >= 0.6 is 11.6 Å². The van der Waals surface area contributed by atoms with Gasteiger partial charge in [0.1, 0.15) is 5.75 Å². The third kappa shape index (κ3) is 3.66. The first-order valence-electron chi connectivity index (χ1n) is 8.17. The number of methoxy groups -OCH3 is 1. The Morgan fingerprint density at radius 1 is 1.36 bits per heavy atom. The van der Waals surface area contributed by atoms with Crippen LogP contribution in [0.1, 0.15) is 35.3 Å². The van der Waals surface area contributed by atoms with Gasteiger partial charge in [0.05, 0.1) is 31.4 Å². The minimum atomic E-state index is -0.218. The topological polar surface area (TPSA) is 56.8 Å². The van der Waals surface area contributed by atoms with Gasteiger partial charge in [-0.3, -0.25) is 4.79 Å². The summed E-state index contributed by atoms with van der Waals surface area (Å²) in [6.07, 6.45) is 0.713. The Morgan fingerprint density at radius 3 is 2.92 bits per heavy atom. The fourth-order valence-corrected chi connectivity index (χ4v) is 3.13. The van der Waals surface area contributed by atoms with E-state index < -0.39 is 0 Å². The van der Waals surface area contributed by atoms with Crippen LogP contribution in [0.5, 0.6) is 17.2 Å². The molecule has 0 unspecified atom stereocenters. The largest absolute Gasteiger partial charge is 0.493 e. The molecular weight excluding hydrogens is 342 g/mol. The molecule has 2 aromatic carbocycles. The molecule has 0 saturated heterocycles. The van der Waals surface area contributed by atoms with Crippen molar-refractivity contribution in [3.63, 3.8) is 0 Å². The van der Waals surface area contributed by atoms with Crippen molar-refractivity contribution in [1.82, 2.24) is 5.32 Å². The lowest BCUT2D eigenvalue weighted by molar-refractivity contribution is 0.0924. The molecule has 0 bridgehead atoms. The summed E-state index contributed by atoms with van der Waals surface area (Å²) in [5.41, 5.74) is 1.40. The molecule has 0 radical (unpaired) electrons. The van der Waals surface area contributed by atoms with E-state index in [1.165, 1.54) is 7.11 Å². The Labute approximate surface area is 151 Å². The summed E-state index contributed by atoms with van der Waals surface area (Å²) in [5, 5.41) is 3.39. The molecule has 2 aromatic rings. The molecule has 5 nitrogen and oxygen atoms in total. The van der Waals surface area contributed by atoms with E-state index in [1.807, 2.05) is 31.2 Å². The lowest BCUT2D eigenvalue weighted by Gasteiger charge is -2.26. The number of nitrogens with one attached hydrogen (secondary N) is 1. The summed E-state index contributed by atoms with van der Waals surface area (Å²) in [4.78, 5) is 12.7. The molecule has 1 N–H and O–H groups in total. The maximum absolute atomic E-state index is 12.7. The van der Waals surface area contributed by atoms with Crippen LogP contribution in [0.25, 0.3) is 0 Å². The maximum atomic E-state index is 12.7. The number of carbonyl (C=O) groups excluding carboxylic acids is 1. The summed E-state index contributed by atoms with van der Waals surface area (Å²) >= 11 is 6.25. The quantitative estimate of drug-likeness (QED) is 0.874. The monoisotopic (exact) mass is 361 g/mol. The zero-order chi connectivity index (χ0) is 17.8. The normalized spacial score (nSPS) is 15.7. The highest BCUT2D eigenvalue weighted by molar-refractivity contribution is 6.32. The number of carbonyl (C=O) groups is 1. The number of ether oxygens (including phenoxy) is 3. The van der Waals surface area contributed by atoms with Crippen molar-refractivity contribution >= 4 is 17.5 Å². The first kappa shape index (κ1) is 17.4. The molecule has 25 heavy (non-hydrogen) atoms. The van der Waals surface area contributed by atoms with Crippen molar-refractivity contribution in [3.05, 3.63) is 52.5 Å². The van der Waals surface area contributed by atoms with Crippen molar-refractivity contribution in [2.45, 2.75) is 19.4 Å². The van der Waals surface area contributed by atoms with Crippen LogP contribution in [0.15, 0.2) is 36.4 Å². The molecule has 0 saturated carbocycles. The van der Waals surface area contributed by atoms with Gasteiger partial charge in [-0.15, -0.1) is 0 Å². The van der Waals surface area contributed by atoms with E-state index >= 15 is 0 Å². The molecular formula is C19H20ClNO4. The summed E-state index contributed by atoms with van der Waals surface area (Å²) in [5.74, 6) is 1.47. The Morgan fingerprint density at radius 2 is 2.16 bits per heavy atom. The van der Waals surface area contributed by atoms with E-state index in [-0.39, 0.29) is 11.9 Å². The number of rotatable bonds is 5. The van der Waals surface area contributed by atoms with Gasteiger partial charge in [0.2, 0.25) is 0 Å². The second-order valence-electron chi connectivity index (χ2n) is 5.62. The van der Waals surface area contributed by atoms with Gasteiger partial charge in [-0.25, -0.2) is 0 Å². The molecule has 3 rings (SSSR count). The highest BCUT2D eigenvalue weighted by Gasteiger charge is 2.24. The molecule has 132 valence electrons. The van der Waals surface area contributed by atoms with Crippen LogP contribution in [-0.2, 0) is 0 Å². The second kappa shape index (κ2) is 7.66. The van der Waals surface area contributed by atoms with E-state index in [1.54, 1.807) is 12.1 Å². The fraction of sp³-hybridized carbons (Fsp3) is 0.316. The maximum Gasteiger partial charge on any atom is 0.251 e. The minimum absolute atomic E-state index is 0.103. The highest BCUT2D eigenvalue weighted by Crippen LogP contribution is 2.37. The average molecular weight is 362 g/mol. The zero-order valence-electron chi connectivity index (χ0n) is 14.2. The number of fused-ring (bicyclic) bond motifs is 1. The lowest BCUT2D eigenvalue weighted by Crippen LogP contribution is -2.32. The van der Waals surface area contributed by atoms with Gasteiger partial charge in [-0.05, 0) is 25.1 Å². The van der Waals surface area contributed by atoms with E-state index in [0.29, 0.717) is 41.7 Å². The van der Waals surface area contributed by atoms with Gasteiger partial charge >= 0.3 is 0 Å². The summed E-state index contributed by atoms with van der Waals surface area (Å²) in [6.45, 7) is 2.88. The number of hydrogen-bond acceptors (Lipinski definition) is 4. The van der Waals surface area contributed by atoms with Gasteiger partial charge < -0.3 is 19.5 Å². The first-order valence-corrected chi connectivity index (χ1v) is 8.54. The van der Waals surface area contributed by atoms with Crippen LogP contribution in [0.4, 0.5) is 0 Å². The van der Waals surface area contributed by atoms with Crippen LogP contribution in [-0.4, -0.2) is 26.2 Å². The molecule has 1 atom stereocenters. The molecule has 0 aliphatic carbocycles. The zero-order valence-corrected chi connectivity index (χ0v) is 14.9. The number of halogens is 1. The van der Waals surface area contributed by atoms with E-state index in [2.05, 4.69) is 5.32 Å². The van der Waals surface area contributed by atoms with Gasteiger partial charge in [0, 0.05) is 17.5 Å². The van der Waals surface area contributed by atoms with Crippen LogP contribution in [0, 0.1) is 0 Å². The van der Waals surface area contributed by atoms with Crippen molar-refractivity contribution in [2.75, 3.05) is 20.3 Å². The Kier molecular flexibility index (Phi) is 5.34. The molecule has 1 heterocycles. The second-order valence-corrected chi connectivity index (χ2v) is 6.03. The van der Waals surface area contributed by atoms with Crippen molar-refractivity contribution in [2.24, 2.45) is 0 Å². The minimum Gasteiger partial charge on any atom is -0.493 e. The first-order chi connectivity index (χ1) is 12.1. The van der Waals surface area contributed by atoms with E-state index in [0.717, 1.165) is 11.3 Å². The Bertz CT molecular complexity index is 778. The highest BCUT2D eigenvalue weighted by atomic mass is 35.5. The standard InChI is InChI=1S/C19H20ClNO4/c1-3-24-18-14(20)10-12(11-17(18)23-2)19(22)21-15-8-9-25-16-7-5-4-6-13(15)16/h4-7,10-11,15H,3,8-9H2,1-2H3,(H,21,22)/t15-/m0/s1. The van der Waals surface area contributed by atoms with Gasteiger partial charge in [-0.1, -0.05) is 29.8 Å². The van der Waals surface area contributed by atoms with Crippen molar-refractivity contribution < 1.29 is 19.0 Å². The van der Waals surface area contributed by atoms with Crippen molar-refractivity contribution in [1.29, 1.82) is 0 Å². The third-order valence-corrected chi connectivity index (χ3v) is 4.32. The van der Waals surface area contributed by atoms with Crippen LogP contribution in [0.2, 0.25) is 5.02 Å². The summed E-state index contributed by atoms with van der Waals surface area (Å²) in [6, 6.07) is 10.8. The number of benzene rings is 2. The predicted octanol–water partition coefficient (Wildman–Crippen LogP) is 4.00. The molecule has 1 aliphatic heterocycles. The van der Waals surface area contributed by atoms with Crippen molar-refractivity contribution in [3.8, 4) is 17.2 Å². The van der Waals surface area contributed by atoms with Gasteiger partial charge in [0.25, 0.3) is 5.91 Å². The Hall–Kier alpha value is -2.40. The number of amides is 1. The predicted molar refractivity (Wildman–Crippen MR) is 95.9 cm³/mol. The summed E-state index contributed by atoms with van der Waals surface area (Å²) in [7, 11) is 1.52. The van der Waals surface area contributed by atoms with Gasteiger partial charge in [-0.2, -0.15) is 0 Å². The molecule has 1 amide bonds. The van der Waals surface area contributed by atoms with Crippen LogP contribution in [0.3, 0.4) is 0 Å². The van der Waals surface area contributed by atoms with Crippen LogP contribution < -0.4 is 19.5 Å². The van der Waals surface area contributed by atoms with Gasteiger partial charge in [0.15, 0.2) is 11.5 Å². The molecule has 0 aromatic heterocycles. The average Bonchev–Trinajstić information content (AvgIpc) is 2.63. The molecule has 1 aliphatic rings. The smallest absolute Gasteiger partial charge is 0.251 e. The Balaban J connectivity index is 1.84. The lowest BCUT2D eigenvalue weighted by atomic mass is 10.00.